The van der Waals surface area contributed by atoms with Crippen LogP contribution in [0, 0.1) is 41.2 Å². The lowest BCUT2D eigenvalue weighted by Crippen LogP contribution is -2.29. The lowest BCUT2D eigenvalue weighted by Gasteiger charge is -2.41. The van der Waals surface area contributed by atoms with E-state index < -0.39 is 11.6 Å². The molecule has 2 N–H and O–H groups in total. The van der Waals surface area contributed by atoms with E-state index in [2.05, 4.69) is 6.92 Å². The van der Waals surface area contributed by atoms with Crippen LogP contribution in [-0.4, -0.2) is 0 Å². The molecule has 0 bridgehead atoms. The number of hydrogen-bond donors (Lipinski definition) is 1. The van der Waals surface area contributed by atoms with E-state index in [1.807, 2.05) is 0 Å². The van der Waals surface area contributed by atoms with Crippen molar-refractivity contribution in [3.63, 3.8) is 0 Å². The largest absolute Gasteiger partial charge is 0.394 e. The molecule has 3 saturated carbocycles. The Labute approximate surface area is 169 Å². The quantitative estimate of drug-likeness (QED) is 0.534. The molecule has 3 fully saturated rings. The molecule has 3 aliphatic rings. The summed E-state index contributed by atoms with van der Waals surface area (Å²) in [4.78, 5) is 0. The molecule has 1 aromatic rings. The summed E-state index contributed by atoms with van der Waals surface area (Å²) >= 11 is 0. The molecule has 0 radical (unpaired) electrons. The van der Waals surface area contributed by atoms with E-state index in [1.54, 1.807) is 0 Å². The molecule has 3 aliphatic carbocycles. The highest BCUT2D eigenvalue weighted by molar-refractivity contribution is 5.44. The Balaban J connectivity index is 1.26. The van der Waals surface area contributed by atoms with E-state index in [1.165, 1.54) is 76.3 Å². The molecule has 0 aliphatic heterocycles. The highest BCUT2D eigenvalue weighted by Gasteiger charge is 2.34. The van der Waals surface area contributed by atoms with E-state index in [-0.39, 0.29) is 5.69 Å². The summed E-state index contributed by atoms with van der Waals surface area (Å²) in [6, 6.07) is 2.92. The van der Waals surface area contributed by atoms with Gasteiger partial charge in [0, 0.05) is 0 Å². The van der Waals surface area contributed by atoms with Crippen molar-refractivity contribution in [1.82, 2.24) is 0 Å². The topological polar surface area (TPSA) is 26.0 Å². The van der Waals surface area contributed by atoms with Crippen molar-refractivity contribution in [2.45, 2.75) is 89.9 Å². The average Bonchev–Trinajstić information content (AvgIpc) is 2.72. The third-order valence-electron chi connectivity index (χ3n) is 8.55. The SMILES string of the molecule is CC1CCC(C2CCC(C3CCC(c4cc(F)c(N)c(F)c4)CC3)CC2)CC1. The molecule has 0 unspecified atom stereocenters. The van der Waals surface area contributed by atoms with Gasteiger partial charge in [-0.1, -0.05) is 19.8 Å². The molecular weight excluding hydrogens is 352 g/mol. The third-order valence-corrected chi connectivity index (χ3v) is 8.55. The first-order valence-corrected chi connectivity index (χ1v) is 11.8. The predicted molar refractivity (Wildman–Crippen MR) is 112 cm³/mol. The van der Waals surface area contributed by atoms with Crippen molar-refractivity contribution in [2.75, 3.05) is 5.73 Å². The highest BCUT2D eigenvalue weighted by atomic mass is 19.1. The van der Waals surface area contributed by atoms with Gasteiger partial charge in [-0.3, -0.25) is 0 Å². The molecule has 156 valence electrons. The summed E-state index contributed by atoms with van der Waals surface area (Å²) < 4.78 is 27.6. The number of halogens is 2. The van der Waals surface area contributed by atoms with Crippen molar-refractivity contribution < 1.29 is 8.78 Å². The number of nitrogen functional groups attached to an aromatic ring is 1. The van der Waals surface area contributed by atoms with Gasteiger partial charge in [-0.15, -0.1) is 0 Å². The van der Waals surface area contributed by atoms with Crippen LogP contribution in [0.3, 0.4) is 0 Å². The number of hydrogen-bond acceptors (Lipinski definition) is 1. The second-order valence-corrected chi connectivity index (χ2v) is 10.2. The monoisotopic (exact) mass is 389 g/mol. The summed E-state index contributed by atoms with van der Waals surface area (Å²) in [5.41, 5.74) is 5.88. The van der Waals surface area contributed by atoms with E-state index in [0.717, 1.165) is 48.0 Å². The fraction of sp³-hybridized carbons (Fsp3) is 0.760. The molecule has 0 heterocycles. The summed E-state index contributed by atoms with van der Waals surface area (Å²) in [6.45, 7) is 2.41. The van der Waals surface area contributed by atoms with Gasteiger partial charge in [0.25, 0.3) is 0 Å². The van der Waals surface area contributed by atoms with Crippen LogP contribution < -0.4 is 5.73 Å². The van der Waals surface area contributed by atoms with Crippen molar-refractivity contribution in [1.29, 1.82) is 0 Å². The van der Waals surface area contributed by atoms with Gasteiger partial charge in [-0.2, -0.15) is 0 Å². The first kappa shape index (κ1) is 20.2. The first-order chi connectivity index (χ1) is 13.5. The maximum absolute atomic E-state index is 13.8. The van der Waals surface area contributed by atoms with E-state index in [9.17, 15) is 8.78 Å². The Morgan fingerprint density at radius 3 is 1.43 bits per heavy atom. The minimum absolute atomic E-state index is 0.293. The lowest BCUT2D eigenvalue weighted by atomic mass is 9.65. The normalized spacial score (nSPS) is 37.0. The van der Waals surface area contributed by atoms with Gasteiger partial charge in [-0.05, 0) is 117 Å². The van der Waals surface area contributed by atoms with Crippen LogP contribution in [0.15, 0.2) is 12.1 Å². The van der Waals surface area contributed by atoms with Gasteiger partial charge in [0.05, 0.1) is 0 Å². The van der Waals surface area contributed by atoms with Crippen LogP contribution in [0.25, 0.3) is 0 Å². The first-order valence-electron chi connectivity index (χ1n) is 11.8. The molecule has 1 nitrogen and oxygen atoms in total. The summed E-state index contributed by atoms with van der Waals surface area (Å²) in [5.74, 6) is 3.74. The van der Waals surface area contributed by atoms with Gasteiger partial charge >= 0.3 is 0 Å². The minimum Gasteiger partial charge on any atom is -0.394 e. The average molecular weight is 390 g/mol. The summed E-state index contributed by atoms with van der Waals surface area (Å²) in [6.07, 6.45) is 16.1. The predicted octanol–water partition coefficient (Wildman–Crippen LogP) is 7.45. The van der Waals surface area contributed by atoms with Crippen molar-refractivity contribution in [3.8, 4) is 0 Å². The zero-order chi connectivity index (χ0) is 19.7. The molecule has 4 rings (SSSR count). The van der Waals surface area contributed by atoms with Crippen LogP contribution in [-0.2, 0) is 0 Å². The second-order valence-electron chi connectivity index (χ2n) is 10.2. The van der Waals surface area contributed by atoms with Crippen LogP contribution in [0.5, 0.6) is 0 Å². The van der Waals surface area contributed by atoms with Crippen LogP contribution in [0.1, 0.15) is 95.5 Å². The Hall–Kier alpha value is -1.12. The zero-order valence-corrected chi connectivity index (χ0v) is 17.4. The van der Waals surface area contributed by atoms with Gasteiger partial charge in [0.15, 0.2) is 0 Å². The van der Waals surface area contributed by atoms with Gasteiger partial charge < -0.3 is 5.73 Å². The molecule has 0 spiro atoms. The van der Waals surface area contributed by atoms with E-state index in [0.29, 0.717) is 5.92 Å². The Morgan fingerprint density at radius 1 is 0.643 bits per heavy atom. The minimum atomic E-state index is -0.604. The standard InChI is InChI=1S/C25H37F2N/c1-16-2-4-17(5-3-16)18-6-8-19(9-7-18)20-10-12-21(13-11-20)22-14-23(26)25(28)24(27)15-22/h14-21H,2-13,28H2,1H3. The molecule has 0 aromatic heterocycles. The Kier molecular flexibility index (Phi) is 6.27. The van der Waals surface area contributed by atoms with Crippen molar-refractivity contribution in [2.24, 2.45) is 29.6 Å². The lowest BCUT2D eigenvalue weighted by molar-refractivity contribution is 0.112. The fourth-order valence-electron chi connectivity index (χ4n) is 6.61. The highest BCUT2D eigenvalue weighted by Crippen LogP contribution is 2.47. The van der Waals surface area contributed by atoms with Crippen LogP contribution in [0.4, 0.5) is 14.5 Å². The smallest absolute Gasteiger partial charge is 0.149 e. The van der Waals surface area contributed by atoms with Gasteiger partial charge in [-0.25, -0.2) is 8.78 Å². The number of anilines is 1. The zero-order valence-electron chi connectivity index (χ0n) is 17.4. The summed E-state index contributed by atoms with van der Waals surface area (Å²) in [7, 11) is 0. The van der Waals surface area contributed by atoms with Crippen molar-refractivity contribution in [3.05, 3.63) is 29.3 Å². The number of rotatable bonds is 3. The Bertz CT molecular complexity index is 626. The van der Waals surface area contributed by atoms with Crippen molar-refractivity contribution >= 4 is 5.69 Å². The Morgan fingerprint density at radius 2 is 1.00 bits per heavy atom. The second kappa shape index (κ2) is 8.71. The van der Waals surface area contributed by atoms with Gasteiger partial charge in [0.1, 0.15) is 17.3 Å². The molecule has 0 saturated heterocycles. The molecular formula is C25H37F2N. The maximum atomic E-state index is 13.8. The molecule has 28 heavy (non-hydrogen) atoms. The fourth-order valence-corrected chi connectivity index (χ4v) is 6.61. The molecule has 1 aromatic carbocycles. The van der Waals surface area contributed by atoms with Gasteiger partial charge in [0.2, 0.25) is 0 Å². The molecule has 0 amide bonds. The van der Waals surface area contributed by atoms with E-state index >= 15 is 0 Å². The molecule has 3 heteroatoms. The van der Waals surface area contributed by atoms with Crippen LogP contribution in [0.2, 0.25) is 0 Å². The summed E-state index contributed by atoms with van der Waals surface area (Å²) in [5, 5.41) is 0. The number of benzene rings is 1. The maximum Gasteiger partial charge on any atom is 0.149 e. The molecule has 0 atom stereocenters. The third kappa shape index (κ3) is 4.39. The van der Waals surface area contributed by atoms with E-state index in [4.69, 9.17) is 5.73 Å². The van der Waals surface area contributed by atoms with Crippen LogP contribution >= 0.6 is 0 Å². The number of nitrogens with two attached hydrogens (primary N) is 1.